The molecule has 0 aliphatic carbocycles. The molecule has 0 unspecified atom stereocenters. The topological polar surface area (TPSA) is 53.7 Å². The van der Waals surface area contributed by atoms with Gasteiger partial charge >= 0.3 is 0 Å². The van der Waals surface area contributed by atoms with E-state index < -0.39 is 0 Å². The Morgan fingerprint density at radius 1 is 1.53 bits per heavy atom. The van der Waals surface area contributed by atoms with Crippen LogP contribution in [0.2, 0.25) is 0 Å². The van der Waals surface area contributed by atoms with E-state index in [1.165, 1.54) is 5.56 Å². The van der Waals surface area contributed by atoms with Gasteiger partial charge in [-0.05, 0) is 24.6 Å². The van der Waals surface area contributed by atoms with Gasteiger partial charge in [0.05, 0.1) is 12.2 Å². The summed E-state index contributed by atoms with van der Waals surface area (Å²) in [5.41, 5.74) is 3.18. The first-order valence-corrected chi connectivity index (χ1v) is 5.55. The quantitative estimate of drug-likeness (QED) is 0.597. The minimum atomic E-state index is 0.661. The van der Waals surface area contributed by atoms with E-state index in [1.807, 2.05) is 23.8 Å². The Bertz CT molecular complexity index is 541. The number of hydrogen-bond acceptors (Lipinski definition) is 2. The molecule has 0 spiro atoms. The predicted molar refractivity (Wildman–Crippen MR) is 69.2 cm³/mol. The van der Waals surface area contributed by atoms with Gasteiger partial charge in [0.25, 0.3) is 0 Å². The predicted octanol–water partition coefficient (Wildman–Crippen LogP) is 0.938. The van der Waals surface area contributed by atoms with Crippen molar-refractivity contribution < 1.29 is 0 Å². The Labute approximate surface area is 101 Å². The molecule has 90 valence electrons. The SMILES string of the molecule is CN=C(NC)NCc1cn2ccc(C)cc2n1. The molecule has 0 aliphatic rings. The third-order valence-electron chi connectivity index (χ3n) is 2.56. The number of nitrogens with zero attached hydrogens (tertiary/aromatic N) is 3. The van der Waals surface area contributed by atoms with Crippen molar-refractivity contribution in [2.45, 2.75) is 13.5 Å². The molecule has 17 heavy (non-hydrogen) atoms. The third kappa shape index (κ3) is 2.55. The van der Waals surface area contributed by atoms with Gasteiger partial charge in [0.2, 0.25) is 0 Å². The van der Waals surface area contributed by atoms with Crippen LogP contribution in [0, 0.1) is 6.92 Å². The van der Waals surface area contributed by atoms with Crippen molar-refractivity contribution in [1.29, 1.82) is 0 Å². The van der Waals surface area contributed by atoms with Crippen LogP contribution in [0.5, 0.6) is 0 Å². The molecule has 0 fully saturated rings. The molecule has 5 heteroatoms. The van der Waals surface area contributed by atoms with Crippen molar-refractivity contribution in [2.24, 2.45) is 4.99 Å². The maximum absolute atomic E-state index is 4.53. The van der Waals surface area contributed by atoms with Crippen molar-refractivity contribution >= 4 is 11.6 Å². The molecule has 5 nitrogen and oxygen atoms in total. The van der Waals surface area contributed by atoms with Gasteiger partial charge in [-0.15, -0.1) is 0 Å². The summed E-state index contributed by atoms with van der Waals surface area (Å²) in [7, 11) is 3.58. The lowest BCUT2D eigenvalue weighted by atomic mass is 10.3. The molecule has 0 atom stereocenters. The van der Waals surface area contributed by atoms with E-state index in [9.17, 15) is 0 Å². The first-order valence-electron chi connectivity index (χ1n) is 5.55. The summed E-state index contributed by atoms with van der Waals surface area (Å²) in [5, 5.41) is 6.14. The lowest BCUT2D eigenvalue weighted by Crippen LogP contribution is -2.34. The molecule has 0 bridgehead atoms. The number of nitrogens with one attached hydrogen (secondary N) is 2. The van der Waals surface area contributed by atoms with Crippen LogP contribution in [0.3, 0.4) is 0 Å². The van der Waals surface area contributed by atoms with Gasteiger partial charge in [0, 0.05) is 26.5 Å². The molecular formula is C12H17N5. The maximum Gasteiger partial charge on any atom is 0.191 e. The largest absolute Gasteiger partial charge is 0.359 e. The molecule has 2 N–H and O–H groups in total. The Balaban J connectivity index is 2.14. The fraction of sp³-hybridized carbons (Fsp3) is 0.333. The summed E-state index contributed by atoms with van der Waals surface area (Å²) >= 11 is 0. The Hall–Kier alpha value is -2.04. The van der Waals surface area contributed by atoms with Crippen LogP contribution in [0.25, 0.3) is 5.65 Å². The standard InChI is InChI=1S/C12H17N5/c1-9-4-5-17-8-10(16-11(17)6-9)7-15-12(13-2)14-3/h4-6,8H,7H2,1-3H3,(H2,13,14,15). The van der Waals surface area contributed by atoms with Gasteiger partial charge < -0.3 is 15.0 Å². The van der Waals surface area contributed by atoms with Crippen LogP contribution < -0.4 is 10.6 Å². The minimum Gasteiger partial charge on any atom is -0.359 e. The smallest absolute Gasteiger partial charge is 0.191 e. The number of guanidine groups is 1. The minimum absolute atomic E-state index is 0.661. The van der Waals surface area contributed by atoms with Gasteiger partial charge in [-0.1, -0.05) is 0 Å². The Morgan fingerprint density at radius 2 is 2.35 bits per heavy atom. The average molecular weight is 231 g/mol. The van der Waals surface area contributed by atoms with Crippen molar-refractivity contribution in [3.05, 3.63) is 35.8 Å². The zero-order chi connectivity index (χ0) is 12.3. The van der Waals surface area contributed by atoms with Crippen molar-refractivity contribution in [3.63, 3.8) is 0 Å². The van der Waals surface area contributed by atoms with Gasteiger partial charge in [-0.25, -0.2) is 4.98 Å². The monoisotopic (exact) mass is 231 g/mol. The summed E-state index contributed by atoms with van der Waals surface area (Å²) in [4.78, 5) is 8.58. The van der Waals surface area contributed by atoms with Crippen LogP contribution in [-0.2, 0) is 6.54 Å². The maximum atomic E-state index is 4.53. The molecule has 0 saturated heterocycles. The van der Waals surface area contributed by atoms with E-state index in [0.29, 0.717) is 6.54 Å². The van der Waals surface area contributed by atoms with Crippen molar-refractivity contribution in [3.8, 4) is 0 Å². The molecule has 0 amide bonds. The second-order valence-electron chi connectivity index (χ2n) is 3.88. The molecule has 0 radical (unpaired) electrons. The van der Waals surface area contributed by atoms with Gasteiger partial charge in [0.15, 0.2) is 5.96 Å². The highest BCUT2D eigenvalue weighted by Crippen LogP contribution is 2.07. The number of imidazole rings is 1. The summed E-state index contributed by atoms with van der Waals surface area (Å²) < 4.78 is 2.02. The molecule has 0 saturated carbocycles. The fourth-order valence-electron chi connectivity index (χ4n) is 1.67. The van der Waals surface area contributed by atoms with Crippen LogP contribution in [0.15, 0.2) is 29.5 Å². The average Bonchev–Trinajstić information content (AvgIpc) is 2.72. The number of aliphatic imine (C=N–C) groups is 1. The van der Waals surface area contributed by atoms with Crippen LogP contribution >= 0.6 is 0 Å². The molecule has 0 aromatic carbocycles. The van der Waals surface area contributed by atoms with E-state index >= 15 is 0 Å². The van der Waals surface area contributed by atoms with Crippen LogP contribution in [0.4, 0.5) is 0 Å². The van der Waals surface area contributed by atoms with E-state index in [-0.39, 0.29) is 0 Å². The molecule has 2 aromatic rings. The number of aromatic nitrogens is 2. The normalized spacial score (nSPS) is 11.8. The molecule has 0 aliphatic heterocycles. The first kappa shape index (κ1) is 11.4. The summed E-state index contributed by atoms with van der Waals surface area (Å²) in [5.74, 6) is 0.762. The number of rotatable bonds is 2. The van der Waals surface area contributed by atoms with Gasteiger partial charge in [0.1, 0.15) is 5.65 Å². The molecule has 2 rings (SSSR count). The highest BCUT2D eigenvalue weighted by molar-refractivity contribution is 5.79. The summed E-state index contributed by atoms with van der Waals surface area (Å²) in [6.45, 7) is 2.73. The molecule has 2 heterocycles. The van der Waals surface area contributed by atoms with Crippen LogP contribution in [-0.4, -0.2) is 29.4 Å². The van der Waals surface area contributed by atoms with Crippen molar-refractivity contribution in [1.82, 2.24) is 20.0 Å². The number of fused-ring (bicyclic) bond motifs is 1. The molecular weight excluding hydrogens is 214 g/mol. The Morgan fingerprint density at radius 3 is 3.06 bits per heavy atom. The summed E-state index contributed by atoms with van der Waals surface area (Å²) in [6.07, 6.45) is 4.04. The van der Waals surface area contributed by atoms with E-state index in [4.69, 9.17) is 0 Å². The summed E-state index contributed by atoms with van der Waals surface area (Å²) in [6, 6.07) is 4.13. The second-order valence-corrected chi connectivity index (χ2v) is 3.88. The number of hydrogen-bond donors (Lipinski definition) is 2. The lowest BCUT2D eigenvalue weighted by Gasteiger charge is -2.05. The lowest BCUT2D eigenvalue weighted by molar-refractivity contribution is 0.845. The fourth-order valence-corrected chi connectivity index (χ4v) is 1.67. The first-order chi connectivity index (χ1) is 8.22. The Kier molecular flexibility index (Phi) is 3.27. The number of pyridine rings is 1. The van der Waals surface area contributed by atoms with Gasteiger partial charge in [-0.2, -0.15) is 0 Å². The van der Waals surface area contributed by atoms with Crippen LogP contribution in [0.1, 0.15) is 11.3 Å². The molecule has 2 aromatic heterocycles. The highest BCUT2D eigenvalue weighted by atomic mass is 15.2. The van der Waals surface area contributed by atoms with E-state index in [2.05, 4.69) is 39.7 Å². The van der Waals surface area contributed by atoms with E-state index in [1.54, 1.807) is 7.05 Å². The van der Waals surface area contributed by atoms with Gasteiger partial charge in [-0.3, -0.25) is 4.99 Å². The highest BCUT2D eigenvalue weighted by Gasteiger charge is 2.02. The van der Waals surface area contributed by atoms with Crippen molar-refractivity contribution in [2.75, 3.05) is 14.1 Å². The zero-order valence-electron chi connectivity index (χ0n) is 10.4. The second kappa shape index (κ2) is 4.86. The number of aryl methyl sites for hydroxylation is 1. The third-order valence-corrected chi connectivity index (χ3v) is 2.56. The zero-order valence-corrected chi connectivity index (χ0v) is 10.4. The van der Waals surface area contributed by atoms with E-state index in [0.717, 1.165) is 17.3 Å².